The first-order valence-electron chi connectivity index (χ1n) is 4.14. The van der Waals surface area contributed by atoms with Crippen molar-refractivity contribution in [3.63, 3.8) is 0 Å². The monoisotopic (exact) mass is 251 g/mol. The number of hydrogen-bond acceptors (Lipinski definition) is 1. The highest BCUT2D eigenvalue weighted by molar-refractivity contribution is 9.10. The maximum Gasteiger partial charge on any atom is 0.149 e. The fraction of sp³-hybridized carbons (Fsp3) is 0. The summed E-state index contributed by atoms with van der Waals surface area (Å²) in [6.45, 7) is 0. The van der Waals surface area contributed by atoms with Gasteiger partial charge >= 0.3 is 0 Å². The van der Waals surface area contributed by atoms with Gasteiger partial charge in [-0.2, -0.15) is 0 Å². The van der Waals surface area contributed by atoms with E-state index in [4.69, 9.17) is 0 Å². The second-order valence-corrected chi connectivity index (χ2v) is 3.76. The fourth-order valence-electron chi connectivity index (χ4n) is 1.23. The number of hydrogen-bond donors (Lipinski definition) is 0. The van der Waals surface area contributed by atoms with Crippen LogP contribution < -0.4 is 0 Å². The molecule has 0 aliphatic carbocycles. The van der Waals surface area contributed by atoms with E-state index in [-0.39, 0.29) is 5.82 Å². The Morgan fingerprint density at radius 1 is 1.14 bits per heavy atom. The lowest BCUT2D eigenvalue weighted by Crippen LogP contribution is -1.87. The molecule has 0 saturated heterocycles. The number of aromatic nitrogens is 1. The summed E-state index contributed by atoms with van der Waals surface area (Å²) in [5.41, 5.74) is 1.16. The Labute approximate surface area is 89.7 Å². The molecule has 0 amide bonds. The largest absolute Gasteiger partial charge is 0.253 e. The van der Waals surface area contributed by atoms with Crippen molar-refractivity contribution in [2.24, 2.45) is 0 Å². The highest BCUT2D eigenvalue weighted by Gasteiger charge is 2.04. The third-order valence-corrected chi connectivity index (χ3v) is 2.35. The predicted octanol–water partition coefficient (Wildman–Crippen LogP) is 3.65. The van der Waals surface area contributed by atoms with Crippen LogP contribution in [0, 0.1) is 5.82 Å². The highest BCUT2D eigenvalue weighted by atomic mass is 79.9. The second-order valence-electron chi connectivity index (χ2n) is 2.84. The van der Waals surface area contributed by atoms with Crippen molar-refractivity contribution < 1.29 is 4.39 Å². The van der Waals surface area contributed by atoms with Crippen molar-refractivity contribution in [1.29, 1.82) is 0 Å². The molecule has 2 rings (SSSR count). The molecule has 0 aliphatic rings. The number of nitrogens with zero attached hydrogens (tertiary/aromatic N) is 1. The molecule has 0 aliphatic heterocycles. The first-order valence-corrected chi connectivity index (χ1v) is 4.93. The van der Waals surface area contributed by atoms with Gasteiger partial charge in [0, 0.05) is 16.2 Å². The van der Waals surface area contributed by atoms with E-state index in [9.17, 15) is 4.39 Å². The van der Waals surface area contributed by atoms with Gasteiger partial charge in [0.1, 0.15) is 11.5 Å². The van der Waals surface area contributed by atoms with Crippen LogP contribution in [0.5, 0.6) is 0 Å². The lowest BCUT2D eigenvalue weighted by Gasteiger charge is -2.01. The van der Waals surface area contributed by atoms with E-state index in [1.165, 1.54) is 6.07 Å². The molecule has 1 aromatic carbocycles. The van der Waals surface area contributed by atoms with Crippen LogP contribution in [-0.4, -0.2) is 4.98 Å². The first-order chi connectivity index (χ1) is 6.77. The van der Waals surface area contributed by atoms with Crippen molar-refractivity contribution in [3.8, 4) is 11.3 Å². The molecule has 1 heterocycles. The first kappa shape index (κ1) is 9.34. The van der Waals surface area contributed by atoms with E-state index in [2.05, 4.69) is 20.9 Å². The molecule has 1 aromatic heterocycles. The van der Waals surface area contributed by atoms with Gasteiger partial charge in [-0.25, -0.2) is 4.39 Å². The summed E-state index contributed by atoms with van der Waals surface area (Å²) in [5, 5.41) is 0. The minimum absolute atomic E-state index is 0.300. The molecule has 0 fully saturated rings. The van der Waals surface area contributed by atoms with Gasteiger partial charge in [0.25, 0.3) is 0 Å². The average Bonchev–Trinajstić information content (AvgIpc) is 2.18. The molecule has 0 N–H and O–H groups in total. The lowest BCUT2D eigenvalue weighted by atomic mass is 10.1. The molecule has 70 valence electrons. The van der Waals surface area contributed by atoms with Crippen molar-refractivity contribution in [2.45, 2.75) is 0 Å². The Kier molecular flexibility index (Phi) is 2.59. The van der Waals surface area contributed by atoms with Crippen LogP contribution in [0.2, 0.25) is 0 Å². The molecule has 2 aromatic rings. The second kappa shape index (κ2) is 3.88. The molecule has 0 atom stereocenters. The number of halogens is 2. The van der Waals surface area contributed by atoms with Crippen LogP contribution in [0.3, 0.4) is 0 Å². The molecule has 0 spiro atoms. The fourth-order valence-corrected chi connectivity index (χ4v) is 1.63. The van der Waals surface area contributed by atoms with Gasteiger partial charge in [-0.15, -0.1) is 0 Å². The van der Waals surface area contributed by atoms with E-state index < -0.39 is 0 Å². The van der Waals surface area contributed by atoms with E-state index in [0.717, 1.165) is 10.0 Å². The third-order valence-electron chi connectivity index (χ3n) is 1.86. The van der Waals surface area contributed by atoms with Crippen molar-refractivity contribution in [3.05, 3.63) is 52.9 Å². The Balaban J connectivity index is 2.55. The van der Waals surface area contributed by atoms with Gasteiger partial charge in [0.15, 0.2) is 0 Å². The maximum atomic E-state index is 13.3. The summed E-state index contributed by atoms with van der Waals surface area (Å²) >= 11 is 3.33. The van der Waals surface area contributed by atoms with Gasteiger partial charge in [0.2, 0.25) is 0 Å². The van der Waals surface area contributed by atoms with Crippen LogP contribution in [0.4, 0.5) is 4.39 Å². The lowest BCUT2D eigenvalue weighted by molar-refractivity contribution is 0.626. The smallest absolute Gasteiger partial charge is 0.149 e. The summed E-state index contributed by atoms with van der Waals surface area (Å²) < 4.78 is 14.2. The van der Waals surface area contributed by atoms with Crippen molar-refractivity contribution >= 4 is 15.9 Å². The molecular formula is C11H7BrFN. The van der Waals surface area contributed by atoms with Gasteiger partial charge in [-0.1, -0.05) is 28.1 Å². The summed E-state index contributed by atoms with van der Waals surface area (Å²) in [4.78, 5) is 3.99. The maximum absolute atomic E-state index is 13.3. The van der Waals surface area contributed by atoms with Crippen LogP contribution in [-0.2, 0) is 0 Å². The number of benzene rings is 1. The molecule has 0 saturated carbocycles. The summed E-state index contributed by atoms with van der Waals surface area (Å²) in [7, 11) is 0. The summed E-state index contributed by atoms with van der Waals surface area (Å²) in [5.74, 6) is -0.300. The quantitative estimate of drug-likeness (QED) is 0.754. The molecule has 14 heavy (non-hydrogen) atoms. The minimum atomic E-state index is -0.300. The van der Waals surface area contributed by atoms with E-state index in [1.54, 1.807) is 12.3 Å². The molecule has 3 heteroatoms. The number of pyridine rings is 1. The summed E-state index contributed by atoms with van der Waals surface area (Å²) in [6, 6.07) is 10.4. The highest BCUT2D eigenvalue weighted by Crippen LogP contribution is 2.22. The molecule has 0 bridgehead atoms. The van der Waals surface area contributed by atoms with Crippen LogP contribution in [0.1, 0.15) is 0 Å². The summed E-state index contributed by atoms with van der Waals surface area (Å²) in [6.07, 6.45) is 1.58. The normalized spacial score (nSPS) is 10.1. The topological polar surface area (TPSA) is 12.9 Å². The third kappa shape index (κ3) is 1.82. The molecule has 1 nitrogen and oxygen atoms in total. The van der Waals surface area contributed by atoms with Crippen LogP contribution in [0.15, 0.2) is 47.1 Å². The van der Waals surface area contributed by atoms with Gasteiger partial charge in [-0.3, -0.25) is 4.98 Å². The van der Waals surface area contributed by atoms with Gasteiger partial charge in [-0.05, 0) is 24.3 Å². The average molecular weight is 252 g/mol. The zero-order valence-corrected chi connectivity index (χ0v) is 8.83. The Morgan fingerprint density at radius 2 is 2.00 bits per heavy atom. The van der Waals surface area contributed by atoms with Gasteiger partial charge < -0.3 is 0 Å². The zero-order valence-electron chi connectivity index (χ0n) is 7.24. The molecule has 0 radical (unpaired) electrons. The molecular weight excluding hydrogens is 245 g/mol. The van der Waals surface area contributed by atoms with E-state index in [1.807, 2.05) is 24.3 Å². The standard InChI is InChI=1S/C11H7BrFN/c12-9-4-1-3-8(7-9)11-10(13)5-2-6-14-11/h1-7H. The SMILES string of the molecule is Fc1cccnc1-c1cccc(Br)c1. The number of rotatable bonds is 1. The Hall–Kier alpha value is -1.22. The van der Waals surface area contributed by atoms with Crippen LogP contribution >= 0.6 is 15.9 Å². The van der Waals surface area contributed by atoms with Crippen molar-refractivity contribution in [1.82, 2.24) is 4.98 Å². The predicted molar refractivity (Wildman–Crippen MR) is 57.3 cm³/mol. The van der Waals surface area contributed by atoms with Crippen molar-refractivity contribution in [2.75, 3.05) is 0 Å². The van der Waals surface area contributed by atoms with Crippen LogP contribution in [0.25, 0.3) is 11.3 Å². The molecule has 0 unspecified atom stereocenters. The zero-order chi connectivity index (χ0) is 9.97. The van der Waals surface area contributed by atoms with E-state index >= 15 is 0 Å². The Morgan fingerprint density at radius 3 is 2.71 bits per heavy atom. The Bertz CT molecular complexity index is 457. The van der Waals surface area contributed by atoms with Gasteiger partial charge in [0.05, 0.1) is 0 Å². The minimum Gasteiger partial charge on any atom is -0.253 e. The van der Waals surface area contributed by atoms with E-state index in [0.29, 0.717) is 5.69 Å².